The van der Waals surface area contributed by atoms with E-state index in [-0.39, 0.29) is 11.6 Å². The smallest absolute Gasteiger partial charge is 0.131 e. The summed E-state index contributed by atoms with van der Waals surface area (Å²) in [6, 6.07) is 33.7. The monoisotopic (exact) mass is 504 g/mol. The molecule has 1 N–H and O–H groups in total. The van der Waals surface area contributed by atoms with Crippen LogP contribution in [-0.4, -0.2) is 4.57 Å². The molecule has 2 aliphatic carbocycles. The molecule has 2 heterocycles. The van der Waals surface area contributed by atoms with Crippen LogP contribution in [0.2, 0.25) is 0 Å². The fourth-order valence-electron chi connectivity index (χ4n) is 7.52. The van der Waals surface area contributed by atoms with Crippen LogP contribution in [0.5, 0.6) is 0 Å². The van der Waals surface area contributed by atoms with Crippen LogP contribution in [0.1, 0.15) is 56.5 Å². The standard InChI is InChI=1S/C37H32N2/c1-23-25-15-8-11-19-30(25)38-36(33(23)24-13-5-4-6-14-24)39-31-20-12-9-17-27(31)35-32(39)22-21-29-34(35)26-16-7-10-18-28(26)37(29,2)3/h4-7,9-14,16-22,36,38H,8,15H2,1-3H3. The van der Waals surface area contributed by atoms with Crippen LogP contribution in [-0.2, 0) is 5.41 Å². The number of hydrogen-bond donors (Lipinski definition) is 1. The first kappa shape index (κ1) is 22.7. The van der Waals surface area contributed by atoms with Crippen LogP contribution in [0.4, 0.5) is 0 Å². The molecular formula is C37H32N2. The number of allylic oxidation sites excluding steroid dienone is 4. The summed E-state index contributed by atoms with van der Waals surface area (Å²) in [4.78, 5) is 0. The molecule has 1 atom stereocenters. The molecule has 0 amide bonds. The first-order valence-corrected chi connectivity index (χ1v) is 14.1. The number of fused-ring (bicyclic) bond motifs is 7. The van der Waals surface area contributed by atoms with E-state index in [0.29, 0.717) is 0 Å². The van der Waals surface area contributed by atoms with Gasteiger partial charge in [-0.1, -0.05) is 98.8 Å². The van der Waals surface area contributed by atoms with Gasteiger partial charge in [-0.2, -0.15) is 0 Å². The van der Waals surface area contributed by atoms with Crippen molar-refractivity contribution in [3.63, 3.8) is 0 Å². The summed E-state index contributed by atoms with van der Waals surface area (Å²) in [5, 5.41) is 6.71. The summed E-state index contributed by atoms with van der Waals surface area (Å²) in [6.45, 7) is 7.07. The van der Waals surface area contributed by atoms with Gasteiger partial charge in [0.25, 0.3) is 0 Å². The van der Waals surface area contributed by atoms with Gasteiger partial charge in [-0.05, 0) is 76.9 Å². The molecule has 1 aliphatic heterocycles. The van der Waals surface area contributed by atoms with Gasteiger partial charge in [-0.3, -0.25) is 0 Å². The van der Waals surface area contributed by atoms with E-state index < -0.39 is 0 Å². The molecule has 2 nitrogen and oxygen atoms in total. The maximum Gasteiger partial charge on any atom is 0.131 e. The van der Waals surface area contributed by atoms with Crippen molar-refractivity contribution in [2.24, 2.45) is 0 Å². The predicted molar refractivity (Wildman–Crippen MR) is 164 cm³/mol. The maximum atomic E-state index is 4.02. The molecule has 0 spiro atoms. The third-order valence-electron chi connectivity index (χ3n) is 9.35. The lowest BCUT2D eigenvalue weighted by molar-refractivity contribution is 0.565. The molecule has 1 aromatic heterocycles. The van der Waals surface area contributed by atoms with Gasteiger partial charge >= 0.3 is 0 Å². The lowest BCUT2D eigenvalue weighted by atomic mass is 9.82. The summed E-state index contributed by atoms with van der Waals surface area (Å²) < 4.78 is 2.57. The predicted octanol–water partition coefficient (Wildman–Crippen LogP) is 9.28. The molecule has 4 aromatic carbocycles. The summed E-state index contributed by atoms with van der Waals surface area (Å²) in [6.07, 6.45) is 6.77. The number of nitrogens with zero attached hydrogens (tertiary/aromatic N) is 1. The van der Waals surface area contributed by atoms with Crippen molar-refractivity contribution >= 4 is 27.4 Å². The second-order valence-corrected chi connectivity index (χ2v) is 11.7. The summed E-state index contributed by atoms with van der Waals surface area (Å²) >= 11 is 0. The van der Waals surface area contributed by atoms with Crippen molar-refractivity contribution in [1.82, 2.24) is 9.88 Å². The number of nitrogens with one attached hydrogen (secondary N) is 1. The number of para-hydroxylation sites is 1. The van der Waals surface area contributed by atoms with Gasteiger partial charge < -0.3 is 9.88 Å². The third kappa shape index (κ3) is 3.03. The van der Waals surface area contributed by atoms with Crippen molar-refractivity contribution in [3.05, 3.63) is 137 Å². The second-order valence-electron chi connectivity index (χ2n) is 11.7. The van der Waals surface area contributed by atoms with E-state index in [1.165, 1.54) is 72.0 Å². The van der Waals surface area contributed by atoms with E-state index in [1.807, 2.05) is 0 Å². The van der Waals surface area contributed by atoms with Crippen LogP contribution in [0.15, 0.2) is 120 Å². The van der Waals surface area contributed by atoms with Crippen LogP contribution in [0.3, 0.4) is 0 Å². The lowest BCUT2D eigenvalue weighted by Crippen LogP contribution is -2.32. The fraction of sp³-hybridized carbons (Fsp3) is 0.189. The molecule has 8 rings (SSSR count). The minimum Gasteiger partial charge on any atom is -0.361 e. The Labute approximate surface area is 230 Å². The number of benzene rings is 4. The number of dihydropyridines is 1. The third-order valence-corrected chi connectivity index (χ3v) is 9.35. The Hall–Kier alpha value is -4.30. The van der Waals surface area contributed by atoms with Crippen LogP contribution in [0.25, 0.3) is 38.5 Å². The number of hydrogen-bond acceptors (Lipinski definition) is 1. The maximum absolute atomic E-state index is 4.02. The molecular weight excluding hydrogens is 472 g/mol. The van der Waals surface area contributed by atoms with Gasteiger partial charge in [0.05, 0.1) is 11.0 Å². The molecule has 39 heavy (non-hydrogen) atoms. The summed E-state index contributed by atoms with van der Waals surface area (Å²) in [7, 11) is 0. The highest BCUT2D eigenvalue weighted by atomic mass is 15.2. The molecule has 0 bridgehead atoms. The molecule has 1 unspecified atom stereocenters. The zero-order chi connectivity index (χ0) is 26.3. The largest absolute Gasteiger partial charge is 0.361 e. The SMILES string of the molecule is CC1=C(c2ccccc2)C(n2c3ccccc3c3c4c(ccc32)C(C)(C)c2ccccc2-4)NC2=C1CCC=C2. The Morgan fingerprint density at radius 3 is 2.44 bits per heavy atom. The van der Waals surface area contributed by atoms with E-state index in [4.69, 9.17) is 0 Å². The van der Waals surface area contributed by atoms with Crippen molar-refractivity contribution < 1.29 is 0 Å². The van der Waals surface area contributed by atoms with Gasteiger partial charge in [0, 0.05) is 27.5 Å². The average molecular weight is 505 g/mol. The van der Waals surface area contributed by atoms with E-state index >= 15 is 0 Å². The van der Waals surface area contributed by atoms with E-state index in [9.17, 15) is 0 Å². The number of rotatable bonds is 2. The lowest BCUT2D eigenvalue weighted by Gasteiger charge is -2.35. The minimum atomic E-state index is -0.0231. The molecule has 190 valence electrons. The van der Waals surface area contributed by atoms with Crippen molar-refractivity contribution in [2.45, 2.75) is 45.2 Å². The Morgan fingerprint density at radius 2 is 1.56 bits per heavy atom. The Balaban J connectivity index is 1.47. The average Bonchev–Trinajstić information content (AvgIpc) is 3.43. The molecule has 2 heteroatoms. The van der Waals surface area contributed by atoms with Crippen molar-refractivity contribution in [2.75, 3.05) is 0 Å². The van der Waals surface area contributed by atoms with Gasteiger partial charge in [0.1, 0.15) is 6.17 Å². The Bertz CT molecular complexity index is 1910. The van der Waals surface area contributed by atoms with Gasteiger partial charge in [0.15, 0.2) is 0 Å². The highest BCUT2D eigenvalue weighted by Crippen LogP contribution is 2.53. The second kappa shape index (κ2) is 8.10. The fourth-order valence-corrected chi connectivity index (χ4v) is 7.52. The summed E-state index contributed by atoms with van der Waals surface area (Å²) in [5.74, 6) is 0. The normalized spacial score (nSPS) is 19.3. The van der Waals surface area contributed by atoms with E-state index in [2.05, 4.69) is 134 Å². The zero-order valence-corrected chi connectivity index (χ0v) is 22.8. The van der Waals surface area contributed by atoms with Gasteiger partial charge in [-0.25, -0.2) is 0 Å². The molecule has 0 fully saturated rings. The highest BCUT2D eigenvalue weighted by Gasteiger charge is 2.38. The van der Waals surface area contributed by atoms with E-state index in [1.54, 1.807) is 0 Å². The van der Waals surface area contributed by atoms with Gasteiger partial charge in [0.2, 0.25) is 0 Å². The van der Waals surface area contributed by atoms with Crippen molar-refractivity contribution in [1.29, 1.82) is 0 Å². The molecule has 0 radical (unpaired) electrons. The summed E-state index contributed by atoms with van der Waals surface area (Å²) in [5.41, 5.74) is 14.9. The molecule has 3 aliphatic rings. The molecule has 5 aromatic rings. The quantitative estimate of drug-likeness (QED) is 0.253. The van der Waals surface area contributed by atoms with E-state index in [0.717, 1.165) is 12.8 Å². The van der Waals surface area contributed by atoms with Crippen LogP contribution in [0, 0.1) is 0 Å². The van der Waals surface area contributed by atoms with Crippen LogP contribution < -0.4 is 5.32 Å². The first-order chi connectivity index (χ1) is 19.1. The first-order valence-electron chi connectivity index (χ1n) is 14.1. The van der Waals surface area contributed by atoms with Gasteiger partial charge in [-0.15, -0.1) is 0 Å². The molecule has 0 saturated carbocycles. The minimum absolute atomic E-state index is 0.0148. The molecule has 0 saturated heterocycles. The topological polar surface area (TPSA) is 17.0 Å². The highest BCUT2D eigenvalue weighted by molar-refractivity contribution is 6.17. The Morgan fingerprint density at radius 1 is 0.795 bits per heavy atom. The zero-order valence-electron chi connectivity index (χ0n) is 22.8. The van der Waals surface area contributed by atoms with Crippen LogP contribution >= 0.6 is 0 Å². The van der Waals surface area contributed by atoms with Crippen molar-refractivity contribution in [3.8, 4) is 11.1 Å². The number of aromatic nitrogens is 1. The Kier molecular flexibility index (Phi) is 4.71.